The summed E-state index contributed by atoms with van der Waals surface area (Å²) in [7, 11) is -3.98. The van der Waals surface area contributed by atoms with Crippen LogP contribution in [0.3, 0.4) is 0 Å². The molecule has 3 aromatic carbocycles. The van der Waals surface area contributed by atoms with Crippen LogP contribution in [-0.2, 0) is 9.84 Å². The van der Waals surface area contributed by atoms with E-state index in [9.17, 15) is 13.7 Å². The maximum absolute atomic E-state index is 13.2. The summed E-state index contributed by atoms with van der Waals surface area (Å²) in [6.45, 7) is 3.76. The van der Waals surface area contributed by atoms with E-state index in [1.807, 2.05) is 80.6 Å². The fraction of sp³-hybridized carbons (Fsp3) is 0.0769. The molecular formula is C26H21N3O2S. The predicted molar refractivity (Wildman–Crippen MR) is 126 cm³/mol. The van der Waals surface area contributed by atoms with Crippen molar-refractivity contribution < 1.29 is 8.42 Å². The summed E-state index contributed by atoms with van der Waals surface area (Å²) < 4.78 is 28.2. The molecule has 0 atom stereocenters. The molecule has 0 amide bonds. The summed E-state index contributed by atoms with van der Waals surface area (Å²) in [6.07, 6.45) is 3.14. The van der Waals surface area contributed by atoms with E-state index in [-0.39, 0.29) is 9.80 Å². The van der Waals surface area contributed by atoms with Gasteiger partial charge in [0.05, 0.1) is 10.6 Å². The summed E-state index contributed by atoms with van der Waals surface area (Å²) in [5.41, 5.74) is 4.64. The number of aromatic nitrogens is 2. The zero-order valence-corrected chi connectivity index (χ0v) is 18.5. The number of allylic oxidation sites excluding steroid dienone is 1. The van der Waals surface area contributed by atoms with Gasteiger partial charge >= 0.3 is 0 Å². The minimum atomic E-state index is -3.98. The van der Waals surface area contributed by atoms with Crippen molar-refractivity contribution in [1.82, 2.24) is 9.78 Å². The van der Waals surface area contributed by atoms with Crippen LogP contribution >= 0.6 is 0 Å². The van der Waals surface area contributed by atoms with Crippen molar-refractivity contribution in [3.05, 3.63) is 107 Å². The molecule has 1 aromatic heterocycles. The number of hydrogen-bond donors (Lipinski definition) is 0. The van der Waals surface area contributed by atoms with Gasteiger partial charge in [0.2, 0.25) is 9.84 Å². The first-order valence-electron chi connectivity index (χ1n) is 10.0. The molecule has 6 heteroatoms. The molecule has 1 heterocycles. The molecular weight excluding hydrogens is 418 g/mol. The SMILES string of the molecule is Cc1ccc(S(=O)(=O)C(C#N)=Cc2cn(-c3ccccc3)nc2-c2ccccc2)cc1C. The van der Waals surface area contributed by atoms with Crippen molar-refractivity contribution in [3.63, 3.8) is 0 Å². The van der Waals surface area contributed by atoms with E-state index in [0.717, 1.165) is 22.4 Å². The van der Waals surface area contributed by atoms with Gasteiger partial charge in [-0.3, -0.25) is 0 Å². The lowest BCUT2D eigenvalue weighted by Crippen LogP contribution is -2.04. The first-order chi connectivity index (χ1) is 15.4. The molecule has 0 unspecified atom stereocenters. The fourth-order valence-electron chi connectivity index (χ4n) is 3.35. The van der Waals surface area contributed by atoms with Crippen molar-refractivity contribution in [1.29, 1.82) is 5.26 Å². The van der Waals surface area contributed by atoms with Crippen LogP contribution in [0.15, 0.2) is 94.9 Å². The Balaban J connectivity index is 1.88. The molecule has 0 saturated carbocycles. The van der Waals surface area contributed by atoms with Crippen LogP contribution in [0.2, 0.25) is 0 Å². The third-order valence-electron chi connectivity index (χ3n) is 5.29. The quantitative estimate of drug-likeness (QED) is 0.385. The summed E-state index contributed by atoms with van der Waals surface area (Å²) >= 11 is 0. The van der Waals surface area contributed by atoms with E-state index in [1.54, 1.807) is 23.0 Å². The van der Waals surface area contributed by atoms with Gasteiger partial charge in [-0.2, -0.15) is 10.4 Å². The maximum atomic E-state index is 13.2. The lowest BCUT2D eigenvalue weighted by Gasteiger charge is -2.06. The number of sulfone groups is 1. The van der Waals surface area contributed by atoms with Gasteiger partial charge in [-0.15, -0.1) is 0 Å². The van der Waals surface area contributed by atoms with Gasteiger partial charge in [0.15, 0.2) is 0 Å². The van der Waals surface area contributed by atoms with Gasteiger partial charge in [-0.05, 0) is 55.3 Å². The number of hydrogen-bond acceptors (Lipinski definition) is 4. The normalized spacial score (nSPS) is 11.8. The Hall–Kier alpha value is -3.95. The predicted octanol–water partition coefficient (Wildman–Crippen LogP) is 5.49. The Morgan fingerprint density at radius 3 is 2.22 bits per heavy atom. The van der Waals surface area contributed by atoms with E-state index >= 15 is 0 Å². The van der Waals surface area contributed by atoms with Gasteiger partial charge in [0, 0.05) is 17.3 Å². The van der Waals surface area contributed by atoms with E-state index in [0.29, 0.717) is 11.3 Å². The molecule has 0 spiro atoms. The molecule has 0 N–H and O–H groups in total. The van der Waals surface area contributed by atoms with Crippen LogP contribution in [0.25, 0.3) is 23.0 Å². The lowest BCUT2D eigenvalue weighted by molar-refractivity contribution is 0.603. The van der Waals surface area contributed by atoms with Crippen molar-refractivity contribution in [2.75, 3.05) is 0 Å². The van der Waals surface area contributed by atoms with Gasteiger partial charge in [0.25, 0.3) is 0 Å². The summed E-state index contributed by atoms with van der Waals surface area (Å²) in [6, 6.07) is 25.8. The largest absolute Gasteiger partial charge is 0.240 e. The van der Waals surface area contributed by atoms with Gasteiger partial charge in [0.1, 0.15) is 16.7 Å². The van der Waals surface area contributed by atoms with Crippen LogP contribution in [0, 0.1) is 25.2 Å². The Morgan fingerprint density at radius 2 is 1.59 bits per heavy atom. The third-order valence-corrected chi connectivity index (χ3v) is 6.95. The number of nitrogens with zero attached hydrogens (tertiary/aromatic N) is 3. The van der Waals surface area contributed by atoms with E-state index in [1.165, 1.54) is 12.1 Å². The van der Waals surface area contributed by atoms with Crippen molar-refractivity contribution in [3.8, 4) is 23.0 Å². The molecule has 0 aliphatic carbocycles. The molecule has 4 aromatic rings. The highest BCUT2D eigenvalue weighted by atomic mass is 32.2. The topological polar surface area (TPSA) is 75.8 Å². The van der Waals surface area contributed by atoms with Crippen molar-refractivity contribution in [2.24, 2.45) is 0 Å². The Kier molecular flexibility index (Phi) is 5.76. The Labute approximate surface area is 187 Å². The zero-order valence-electron chi connectivity index (χ0n) is 17.7. The monoisotopic (exact) mass is 439 g/mol. The van der Waals surface area contributed by atoms with Crippen LogP contribution in [0.4, 0.5) is 0 Å². The second kappa shape index (κ2) is 8.66. The molecule has 158 valence electrons. The molecule has 5 nitrogen and oxygen atoms in total. The Bertz CT molecular complexity index is 1450. The second-order valence-corrected chi connectivity index (χ2v) is 9.37. The molecule has 0 fully saturated rings. The van der Waals surface area contributed by atoms with E-state index < -0.39 is 9.84 Å². The lowest BCUT2D eigenvalue weighted by atomic mass is 10.1. The summed E-state index contributed by atoms with van der Waals surface area (Å²) in [4.78, 5) is -0.226. The van der Waals surface area contributed by atoms with E-state index in [4.69, 9.17) is 0 Å². The molecule has 0 aliphatic heterocycles. The number of rotatable bonds is 5. The zero-order chi connectivity index (χ0) is 22.7. The minimum absolute atomic E-state index is 0.102. The molecule has 32 heavy (non-hydrogen) atoms. The van der Waals surface area contributed by atoms with Gasteiger partial charge in [-0.1, -0.05) is 54.6 Å². The fourth-order valence-corrected chi connectivity index (χ4v) is 4.58. The van der Waals surface area contributed by atoms with Gasteiger partial charge < -0.3 is 0 Å². The highest BCUT2D eigenvalue weighted by molar-refractivity contribution is 7.95. The molecule has 0 bridgehead atoms. The first kappa shape index (κ1) is 21.3. The minimum Gasteiger partial charge on any atom is -0.240 e. The standard InChI is InChI=1S/C26H21N3O2S/c1-19-13-14-24(15-20(19)2)32(30,31)25(17-27)16-22-18-29(23-11-7-4-8-12-23)28-26(22)21-9-5-3-6-10-21/h3-16,18H,1-2H3. The average molecular weight is 440 g/mol. The number of nitriles is 1. The molecule has 4 rings (SSSR count). The highest BCUT2D eigenvalue weighted by Crippen LogP contribution is 2.29. The second-order valence-electron chi connectivity index (χ2n) is 7.45. The van der Waals surface area contributed by atoms with Crippen molar-refractivity contribution >= 4 is 15.9 Å². The number of benzene rings is 3. The first-order valence-corrected chi connectivity index (χ1v) is 11.5. The van der Waals surface area contributed by atoms with Crippen LogP contribution < -0.4 is 0 Å². The molecule has 0 radical (unpaired) electrons. The summed E-state index contributed by atoms with van der Waals surface area (Å²) in [5, 5.41) is 14.5. The van der Waals surface area contributed by atoms with Crippen LogP contribution in [0.5, 0.6) is 0 Å². The Morgan fingerprint density at radius 1 is 0.938 bits per heavy atom. The van der Waals surface area contributed by atoms with Gasteiger partial charge in [-0.25, -0.2) is 13.1 Å². The number of para-hydroxylation sites is 1. The molecule has 0 aliphatic rings. The van der Waals surface area contributed by atoms with Crippen LogP contribution in [0.1, 0.15) is 16.7 Å². The maximum Gasteiger partial charge on any atom is 0.216 e. The summed E-state index contributed by atoms with van der Waals surface area (Å²) in [5.74, 6) is 0. The average Bonchev–Trinajstić information content (AvgIpc) is 3.24. The smallest absolute Gasteiger partial charge is 0.216 e. The number of aryl methyl sites for hydroxylation is 2. The van der Waals surface area contributed by atoms with E-state index in [2.05, 4.69) is 5.10 Å². The highest BCUT2D eigenvalue weighted by Gasteiger charge is 2.23. The molecule has 0 saturated heterocycles. The van der Waals surface area contributed by atoms with Crippen molar-refractivity contribution in [2.45, 2.75) is 18.7 Å². The third kappa shape index (κ3) is 4.11. The van der Waals surface area contributed by atoms with Crippen LogP contribution in [-0.4, -0.2) is 18.2 Å².